The standard InChI is InChI=1S/C19H24N8O5/c1-31-13-4-12(20-7-21-13)26-3-2-10(5-26)25-17-14-18(23-8-22-17)27(9-24-14)19-16(30)15(29)11(6-28)32-19/h4,7-11,15-16,19,28-30H,2-3,5-6H2,1H3,(H,22,23,25)/t10-,11+,15-,16-,19?/m0/s1. The molecule has 0 amide bonds. The summed E-state index contributed by atoms with van der Waals surface area (Å²) in [5, 5.41) is 33.2. The molecular formula is C19H24N8O5. The van der Waals surface area contributed by atoms with E-state index in [1.807, 2.05) is 0 Å². The highest BCUT2D eigenvalue weighted by atomic mass is 16.6. The smallest absolute Gasteiger partial charge is 0.218 e. The molecule has 3 aromatic heterocycles. The summed E-state index contributed by atoms with van der Waals surface area (Å²) in [6, 6.07) is 1.90. The number of fused-ring (bicyclic) bond motifs is 1. The largest absolute Gasteiger partial charge is 0.481 e. The summed E-state index contributed by atoms with van der Waals surface area (Å²) in [5.41, 5.74) is 0.972. The minimum Gasteiger partial charge on any atom is -0.481 e. The highest BCUT2D eigenvalue weighted by Crippen LogP contribution is 2.32. The van der Waals surface area contributed by atoms with Crippen LogP contribution in [0.2, 0.25) is 0 Å². The zero-order chi connectivity index (χ0) is 22.2. The van der Waals surface area contributed by atoms with Gasteiger partial charge in [0.15, 0.2) is 23.2 Å². The molecule has 3 aromatic rings. The first kappa shape index (κ1) is 20.8. The maximum Gasteiger partial charge on any atom is 0.218 e. The van der Waals surface area contributed by atoms with E-state index in [2.05, 4.69) is 35.1 Å². The van der Waals surface area contributed by atoms with Gasteiger partial charge < -0.3 is 35.0 Å². The molecule has 1 unspecified atom stereocenters. The van der Waals surface area contributed by atoms with Gasteiger partial charge in [0, 0.05) is 25.2 Å². The molecule has 2 fully saturated rings. The van der Waals surface area contributed by atoms with E-state index in [1.54, 1.807) is 17.7 Å². The molecule has 32 heavy (non-hydrogen) atoms. The molecule has 5 atom stereocenters. The van der Waals surface area contributed by atoms with E-state index >= 15 is 0 Å². The lowest BCUT2D eigenvalue weighted by Crippen LogP contribution is -2.33. The lowest BCUT2D eigenvalue weighted by molar-refractivity contribution is -0.0511. The van der Waals surface area contributed by atoms with Crippen molar-refractivity contribution in [3.63, 3.8) is 0 Å². The van der Waals surface area contributed by atoms with Crippen LogP contribution in [0.15, 0.2) is 25.0 Å². The lowest BCUT2D eigenvalue weighted by atomic mass is 10.1. The van der Waals surface area contributed by atoms with Crippen molar-refractivity contribution in [1.82, 2.24) is 29.5 Å². The van der Waals surface area contributed by atoms with Gasteiger partial charge in [-0.25, -0.2) is 24.9 Å². The van der Waals surface area contributed by atoms with Crippen molar-refractivity contribution in [1.29, 1.82) is 0 Å². The Morgan fingerprint density at radius 2 is 2.00 bits per heavy atom. The number of anilines is 2. The first-order valence-corrected chi connectivity index (χ1v) is 10.3. The number of methoxy groups -OCH3 is 1. The summed E-state index contributed by atoms with van der Waals surface area (Å²) in [4.78, 5) is 23.5. The van der Waals surface area contributed by atoms with Gasteiger partial charge in [0.1, 0.15) is 36.8 Å². The average molecular weight is 444 g/mol. The van der Waals surface area contributed by atoms with Crippen molar-refractivity contribution in [2.75, 3.05) is 37.0 Å². The number of nitrogens with one attached hydrogen (secondary N) is 1. The third-order valence-corrected chi connectivity index (χ3v) is 5.84. The second kappa shape index (κ2) is 8.43. The van der Waals surface area contributed by atoms with Crippen LogP contribution in [-0.2, 0) is 4.74 Å². The van der Waals surface area contributed by atoms with E-state index in [9.17, 15) is 15.3 Å². The van der Waals surface area contributed by atoms with E-state index in [-0.39, 0.29) is 6.04 Å². The van der Waals surface area contributed by atoms with E-state index in [1.165, 1.54) is 19.0 Å². The SMILES string of the molecule is COc1cc(N2CC[C@H](Nc3ncnc4c3ncn4C3O[C@H](CO)[C@H](O)[C@@H]3O)C2)ncn1. The number of nitrogens with zero attached hydrogens (tertiary/aromatic N) is 7. The molecular weight excluding hydrogens is 420 g/mol. The van der Waals surface area contributed by atoms with Crippen LogP contribution >= 0.6 is 0 Å². The van der Waals surface area contributed by atoms with Gasteiger partial charge in [-0.15, -0.1) is 0 Å². The minimum absolute atomic E-state index is 0.105. The zero-order valence-electron chi connectivity index (χ0n) is 17.3. The van der Waals surface area contributed by atoms with Crippen LogP contribution in [0, 0.1) is 0 Å². The van der Waals surface area contributed by atoms with Crippen LogP contribution < -0.4 is 15.0 Å². The number of hydrogen-bond donors (Lipinski definition) is 4. The maximum atomic E-state index is 10.3. The van der Waals surface area contributed by atoms with Gasteiger partial charge in [0.05, 0.1) is 20.0 Å². The molecule has 170 valence electrons. The fourth-order valence-corrected chi connectivity index (χ4v) is 4.15. The topological polar surface area (TPSA) is 164 Å². The number of rotatable bonds is 6. The van der Waals surface area contributed by atoms with Crippen LogP contribution in [0.25, 0.3) is 11.2 Å². The van der Waals surface area contributed by atoms with Gasteiger partial charge >= 0.3 is 0 Å². The number of hydrogen-bond acceptors (Lipinski definition) is 12. The molecule has 2 aliphatic heterocycles. The van der Waals surface area contributed by atoms with E-state index in [0.29, 0.717) is 29.4 Å². The van der Waals surface area contributed by atoms with Gasteiger partial charge in [0.25, 0.3) is 0 Å². The minimum atomic E-state index is -1.22. The summed E-state index contributed by atoms with van der Waals surface area (Å²) in [7, 11) is 1.57. The van der Waals surface area contributed by atoms with Crippen molar-refractivity contribution in [2.45, 2.75) is 37.0 Å². The Labute approximate surface area is 182 Å². The quantitative estimate of drug-likeness (QED) is 0.364. The molecule has 4 N–H and O–H groups in total. The van der Waals surface area contributed by atoms with Crippen LogP contribution in [0.5, 0.6) is 5.88 Å². The van der Waals surface area contributed by atoms with E-state index < -0.39 is 31.1 Å². The molecule has 13 nitrogen and oxygen atoms in total. The Morgan fingerprint density at radius 3 is 2.78 bits per heavy atom. The molecule has 0 bridgehead atoms. The molecule has 5 heterocycles. The van der Waals surface area contributed by atoms with Crippen molar-refractivity contribution in [2.24, 2.45) is 0 Å². The normalized spacial score (nSPS) is 27.9. The number of aliphatic hydroxyl groups is 3. The molecule has 2 aliphatic rings. The van der Waals surface area contributed by atoms with E-state index in [4.69, 9.17) is 9.47 Å². The highest BCUT2D eigenvalue weighted by molar-refractivity contribution is 5.83. The first-order chi connectivity index (χ1) is 15.6. The van der Waals surface area contributed by atoms with Gasteiger partial charge in [-0.1, -0.05) is 0 Å². The Morgan fingerprint density at radius 1 is 1.16 bits per heavy atom. The monoisotopic (exact) mass is 444 g/mol. The number of imidazole rings is 1. The second-order valence-electron chi connectivity index (χ2n) is 7.77. The molecule has 0 aromatic carbocycles. The number of ether oxygens (including phenoxy) is 2. The second-order valence-corrected chi connectivity index (χ2v) is 7.77. The van der Waals surface area contributed by atoms with Crippen LogP contribution in [0.3, 0.4) is 0 Å². The summed E-state index contributed by atoms with van der Waals surface area (Å²) in [6.07, 6.45) is 1.03. The Kier molecular flexibility index (Phi) is 5.46. The predicted molar refractivity (Wildman–Crippen MR) is 111 cm³/mol. The highest BCUT2D eigenvalue weighted by Gasteiger charge is 2.44. The third kappa shape index (κ3) is 3.58. The number of aliphatic hydroxyl groups excluding tert-OH is 3. The lowest BCUT2D eigenvalue weighted by Gasteiger charge is -2.18. The molecule has 0 aliphatic carbocycles. The van der Waals surface area contributed by atoms with Crippen molar-refractivity contribution < 1.29 is 24.8 Å². The fraction of sp³-hybridized carbons (Fsp3) is 0.526. The van der Waals surface area contributed by atoms with Crippen LogP contribution in [0.1, 0.15) is 12.6 Å². The van der Waals surface area contributed by atoms with Gasteiger partial charge in [-0.3, -0.25) is 4.57 Å². The predicted octanol–water partition coefficient (Wildman–Crippen LogP) is -1.07. The summed E-state index contributed by atoms with van der Waals surface area (Å²) >= 11 is 0. The molecule has 0 saturated carbocycles. The Balaban J connectivity index is 1.34. The average Bonchev–Trinajstić information content (AvgIpc) is 3.53. The number of aromatic nitrogens is 6. The summed E-state index contributed by atoms with van der Waals surface area (Å²) < 4.78 is 12.3. The first-order valence-electron chi connectivity index (χ1n) is 10.3. The molecule has 0 radical (unpaired) electrons. The van der Waals surface area contributed by atoms with E-state index in [0.717, 1.165) is 18.8 Å². The van der Waals surface area contributed by atoms with Crippen molar-refractivity contribution in [3.8, 4) is 5.88 Å². The molecule has 13 heteroatoms. The molecule has 2 saturated heterocycles. The Hall–Kier alpha value is -3.13. The van der Waals surface area contributed by atoms with Crippen LogP contribution in [-0.4, -0.2) is 96.0 Å². The van der Waals surface area contributed by atoms with Crippen molar-refractivity contribution in [3.05, 3.63) is 25.0 Å². The van der Waals surface area contributed by atoms with Gasteiger partial charge in [-0.05, 0) is 6.42 Å². The van der Waals surface area contributed by atoms with Gasteiger partial charge in [-0.2, -0.15) is 0 Å². The Bertz CT molecular complexity index is 1100. The van der Waals surface area contributed by atoms with Crippen LogP contribution in [0.4, 0.5) is 11.6 Å². The molecule has 5 rings (SSSR count). The maximum absolute atomic E-state index is 10.3. The fourth-order valence-electron chi connectivity index (χ4n) is 4.15. The zero-order valence-corrected chi connectivity index (χ0v) is 17.3. The van der Waals surface area contributed by atoms with Gasteiger partial charge in [0.2, 0.25) is 5.88 Å². The summed E-state index contributed by atoms with van der Waals surface area (Å²) in [5.74, 6) is 1.87. The van der Waals surface area contributed by atoms with Crippen molar-refractivity contribution >= 4 is 22.8 Å². The molecule has 0 spiro atoms. The third-order valence-electron chi connectivity index (χ3n) is 5.84. The summed E-state index contributed by atoms with van der Waals surface area (Å²) in [6.45, 7) is 1.11.